The highest BCUT2D eigenvalue weighted by atomic mass is 16.1. The molecule has 2 aromatic carbocycles. The van der Waals surface area contributed by atoms with Crippen LogP contribution in [-0.2, 0) is 11.2 Å². The normalized spacial score (nSPS) is 14.8. The summed E-state index contributed by atoms with van der Waals surface area (Å²) in [6.45, 7) is 6.32. The van der Waals surface area contributed by atoms with Gasteiger partial charge < -0.3 is 15.2 Å². The predicted octanol–water partition coefficient (Wildman–Crippen LogP) is 5.36. The van der Waals surface area contributed by atoms with Gasteiger partial charge >= 0.3 is 0 Å². The summed E-state index contributed by atoms with van der Waals surface area (Å²) in [5.41, 5.74) is 3.54. The molecule has 2 heterocycles. The zero-order chi connectivity index (χ0) is 20.1. The number of aromatic amines is 1. The molecule has 2 N–H and O–H groups in total. The topological polar surface area (TPSA) is 48.1 Å². The summed E-state index contributed by atoms with van der Waals surface area (Å²) >= 11 is 0. The first-order valence-electron chi connectivity index (χ1n) is 10.5. The summed E-state index contributed by atoms with van der Waals surface area (Å²) in [7, 11) is 0. The van der Waals surface area contributed by atoms with Gasteiger partial charge in [0.15, 0.2) is 0 Å². The van der Waals surface area contributed by atoms with Gasteiger partial charge in [-0.25, -0.2) is 0 Å². The summed E-state index contributed by atoms with van der Waals surface area (Å²) in [6, 6.07) is 20.7. The van der Waals surface area contributed by atoms with Gasteiger partial charge in [-0.05, 0) is 49.3 Å². The Labute approximate surface area is 172 Å². The number of fused-ring (bicyclic) bond motifs is 1. The highest BCUT2D eigenvalue weighted by Gasteiger charge is 2.20. The second-order valence-electron chi connectivity index (χ2n) is 8.00. The van der Waals surface area contributed by atoms with Crippen molar-refractivity contribution in [3.05, 3.63) is 78.5 Å². The average molecular weight is 388 g/mol. The predicted molar refractivity (Wildman–Crippen MR) is 120 cm³/mol. The van der Waals surface area contributed by atoms with Crippen molar-refractivity contribution in [1.82, 2.24) is 9.88 Å². The maximum Gasteiger partial charge on any atom is 0.225 e. The number of benzene rings is 2. The number of aromatic nitrogens is 1. The van der Waals surface area contributed by atoms with Gasteiger partial charge in [-0.2, -0.15) is 0 Å². The zero-order valence-corrected chi connectivity index (χ0v) is 16.9. The zero-order valence-electron chi connectivity index (χ0n) is 16.9. The van der Waals surface area contributed by atoms with Crippen molar-refractivity contribution in [2.45, 2.75) is 32.1 Å². The lowest BCUT2D eigenvalue weighted by Gasteiger charge is -2.35. The third-order valence-corrected chi connectivity index (χ3v) is 5.87. The lowest BCUT2D eigenvalue weighted by atomic mass is 9.90. The van der Waals surface area contributed by atoms with Crippen molar-refractivity contribution in [2.75, 3.05) is 18.4 Å². The fraction of sp³-hybridized carbons (Fsp3) is 0.320. The molecule has 4 heteroatoms. The van der Waals surface area contributed by atoms with Gasteiger partial charge in [-0.3, -0.25) is 4.79 Å². The number of anilines is 1. The van der Waals surface area contributed by atoms with Crippen molar-refractivity contribution < 1.29 is 4.79 Å². The molecule has 0 bridgehead atoms. The highest BCUT2D eigenvalue weighted by Crippen LogP contribution is 2.25. The molecule has 0 radical (unpaired) electrons. The summed E-state index contributed by atoms with van der Waals surface area (Å²) < 4.78 is 0. The largest absolute Gasteiger partial charge is 0.375 e. The van der Waals surface area contributed by atoms with Crippen LogP contribution in [0.3, 0.4) is 0 Å². The van der Waals surface area contributed by atoms with Crippen LogP contribution < -0.4 is 5.32 Å². The molecule has 1 amide bonds. The number of carbonyl (C=O) groups excluding carboxylic acids is 1. The van der Waals surface area contributed by atoms with Crippen LogP contribution in [0.1, 0.15) is 31.2 Å². The lowest BCUT2D eigenvalue weighted by molar-refractivity contribution is -0.116. The van der Waals surface area contributed by atoms with E-state index in [1.54, 1.807) is 0 Å². The summed E-state index contributed by atoms with van der Waals surface area (Å²) in [6.07, 6.45) is 4.70. The van der Waals surface area contributed by atoms with Crippen LogP contribution in [-0.4, -0.2) is 28.9 Å². The molecule has 4 rings (SSSR count). The lowest BCUT2D eigenvalue weighted by Crippen LogP contribution is -2.33. The van der Waals surface area contributed by atoms with Crippen LogP contribution in [0.4, 0.5) is 5.82 Å². The van der Waals surface area contributed by atoms with E-state index >= 15 is 0 Å². The molecule has 29 heavy (non-hydrogen) atoms. The number of rotatable bonds is 7. The van der Waals surface area contributed by atoms with E-state index in [0.717, 1.165) is 47.8 Å². The minimum Gasteiger partial charge on any atom is -0.375 e. The molecular formula is C25H29N3O. The van der Waals surface area contributed by atoms with E-state index in [4.69, 9.17) is 0 Å². The first kappa shape index (κ1) is 19.3. The maximum absolute atomic E-state index is 12.3. The Hall–Kier alpha value is -3.01. The van der Waals surface area contributed by atoms with Crippen LogP contribution in [0.15, 0.2) is 72.9 Å². The van der Waals surface area contributed by atoms with Gasteiger partial charge in [0.25, 0.3) is 0 Å². The smallest absolute Gasteiger partial charge is 0.225 e. The van der Waals surface area contributed by atoms with Crippen molar-refractivity contribution in [2.24, 2.45) is 5.92 Å². The van der Waals surface area contributed by atoms with Crippen LogP contribution in [0.25, 0.3) is 10.9 Å². The number of H-pyrrole nitrogens is 1. The van der Waals surface area contributed by atoms with Crippen LogP contribution >= 0.6 is 0 Å². The van der Waals surface area contributed by atoms with Gasteiger partial charge in [0.1, 0.15) is 5.82 Å². The molecule has 1 aliphatic rings. The number of amides is 1. The fourth-order valence-electron chi connectivity index (χ4n) is 4.17. The number of nitrogens with one attached hydrogen (secondary N) is 2. The molecule has 1 aliphatic heterocycles. The van der Waals surface area contributed by atoms with Crippen molar-refractivity contribution in [3.63, 3.8) is 0 Å². The van der Waals surface area contributed by atoms with Crippen molar-refractivity contribution in [3.8, 4) is 0 Å². The quantitative estimate of drug-likeness (QED) is 0.574. The van der Waals surface area contributed by atoms with Crippen LogP contribution in [0, 0.1) is 5.92 Å². The number of carbonyl (C=O) groups is 1. The molecule has 0 atom stereocenters. The van der Waals surface area contributed by atoms with E-state index in [1.807, 2.05) is 30.3 Å². The first-order chi connectivity index (χ1) is 14.2. The second kappa shape index (κ2) is 8.99. The fourth-order valence-corrected chi connectivity index (χ4v) is 4.17. The maximum atomic E-state index is 12.3. The van der Waals surface area contributed by atoms with Crippen molar-refractivity contribution in [1.29, 1.82) is 0 Å². The van der Waals surface area contributed by atoms with E-state index < -0.39 is 0 Å². The van der Waals surface area contributed by atoms with E-state index in [0.29, 0.717) is 12.8 Å². The molecule has 1 aromatic heterocycles. The third kappa shape index (κ3) is 5.08. The SMILES string of the molecule is C=C(CCC(=O)Nc1cc2ccccc2[nH]1)N1CCC(Cc2ccccc2)CC1. The number of para-hydroxylation sites is 1. The molecule has 1 fully saturated rings. The Balaban J connectivity index is 1.20. The second-order valence-corrected chi connectivity index (χ2v) is 8.00. The van der Waals surface area contributed by atoms with E-state index in [2.05, 4.69) is 52.1 Å². The number of allylic oxidation sites excluding steroid dienone is 1. The van der Waals surface area contributed by atoms with Crippen LogP contribution in [0.2, 0.25) is 0 Å². The van der Waals surface area contributed by atoms with Gasteiger partial charge in [0.05, 0.1) is 0 Å². The average Bonchev–Trinajstić information content (AvgIpc) is 3.15. The van der Waals surface area contributed by atoms with Gasteiger partial charge in [0.2, 0.25) is 5.91 Å². The molecule has 0 aliphatic carbocycles. The Bertz CT molecular complexity index is 935. The molecule has 150 valence electrons. The van der Waals surface area contributed by atoms with Crippen LogP contribution in [0.5, 0.6) is 0 Å². The number of likely N-dealkylation sites (tertiary alicyclic amines) is 1. The van der Waals surface area contributed by atoms with E-state index in [-0.39, 0.29) is 5.91 Å². The summed E-state index contributed by atoms with van der Waals surface area (Å²) in [5.74, 6) is 1.52. The molecule has 3 aromatic rings. The molecule has 0 saturated carbocycles. The Morgan fingerprint density at radius 3 is 2.52 bits per heavy atom. The third-order valence-electron chi connectivity index (χ3n) is 5.87. The summed E-state index contributed by atoms with van der Waals surface area (Å²) in [5, 5.41) is 4.07. The minimum atomic E-state index is 0.0247. The number of piperidine rings is 1. The minimum absolute atomic E-state index is 0.0247. The van der Waals surface area contributed by atoms with E-state index in [1.165, 1.54) is 18.4 Å². The van der Waals surface area contributed by atoms with Crippen molar-refractivity contribution >= 4 is 22.6 Å². The molecule has 1 saturated heterocycles. The number of hydrogen-bond acceptors (Lipinski definition) is 2. The standard InChI is InChI=1S/C25H29N3O/c1-19(28-15-13-21(14-16-28)17-20-7-3-2-4-8-20)11-12-25(29)27-24-18-22-9-5-6-10-23(22)26-24/h2-10,18,21,26H,1,11-17H2,(H,27,29). The molecule has 0 unspecified atom stereocenters. The highest BCUT2D eigenvalue weighted by molar-refractivity contribution is 5.93. The van der Waals surface area contributed by atoms with Gasteiger partial charge in [-0.1, -0.05) is 55.1 Å². The summed E-state index contributed by atoms with van der Waals surface area (Å²) in [4.78, 5) is 17.9. The number of hydrogen-bond donors (Lipinski definition) is 2. The Morgan fingerprint density at radius 1 is 1.03 bits per heavy atom. The monoisotopic (exact) mass is 387 g/mol. The molecular weight excluding hydrogens is 358 g/mol. The first-order valence-corrected chi connectivity index (χ1v) is 10.5. The van der Waals surface area contributed by atoms with E-state index in [9.17, 15) is 4.79 Å². The Kier molecular flexibility index (Phi) is 5.99. The molecule has 4 nitrogen and oxygen atoms in total. The number of nitrogens with zero attached hydrogens (tertiary/aromatic N) is 1. The Morgan fingerprint density at radius 2 is 1.76 bits per heavy atom. The molecule has 0 spiro atoms. The van der Waals surface area contributed by atoms with Gasteiger partial charge in [-0.15, -0.1) is 0 Å². The van der Waals surface area contributed by atoms with Gasteiger partial charge in [0, 0.05) is 36.1 Å².